The van der Waals surface area contributed by atoms with Crippen molar-refractivity contribution in [2.75, 3.05) is 25.6 Å². The van der Waals surface area contributed by atoms with Crippen LogP contribution in [0.4, 0.5) is 5.69 Å². The van der Waals surface area contributed by atoms with E-state index in [4.69, 9.17) is 14.2 Å². The van der Waals surface area contributed by atoms with Gasteiger partial charge in [0.15, 0.2) is 11.5 Å². The SMILES string of the molecule is COc1ccc(C(=O)NN=C(C)CC(=O)Nc2ccc3c(c2)OCCO3)cc1. The van der Waals surface area contributed by atoms with Crippen molar-refractivity contribution in [3.05, 3.63) is 48.0 Å². The molecule has 1 aliphatic heterocycles. The fourth-order valence-electron chi connectivity index (χ4n) is 2.55. The Labute approximate surface area is 162 Å². The van der Waals surface area contributed by atoms with Crippen molar-refractivity contribution in [3.8, 4) is 17.2 Å². The molecule has 0 unspecified atom stereocenters. The highest BCUT2D eigenvalue weighted by Gasteiger charge is 2.13. The third-order valence-electron chi connectivity index (χ3n) is 3.94. The predicted molar refractivity (Wildman–Crippen MR) is 104 cm³/mol. The fraction of sp³-hybridized carbons (Fsp3) is 0.250. The number of fused-ring (bicyclic) bond motifs is 1. The lowest BCUT2D eigenvalue weighted by Crippen LogP contribution is -2.21. The van der Waals surface area contributed by atoms with Gasteiger partial charge < -0.3 is 19.5 Å². The molecule has 0 atom stereocenters. The first-order chi connectivity index (χ1) is 13.5. The van der Waals surface area contributed by atoms with Crippen LogP contribution in [0.5, 0.6) is 17.2 Å². The summed E-state index contributed by atoms with van der Waals surface area (Å²) in [5.74, 6) is 1.29. The van der Waals surface area contributed by atoms with Crippen molar-refractivity contribution in [2.24, 2.45) is 5.10 Å². The lowest BCUT2D eigenvalue weighted by molar-refractivity contribution is -0.115. The van der Waals surface area contributed by atoms with Gasteiger partial charge in [0.25, 0.3) is 5.91 Å². The van der Waals surface area contributed by atoms with Crippen LogP contribution in [0.2, 0.25) is 0 Å². The molecule has 0 aliphatic carbocycles. The van der Waals surface area contributed by atoms with E-state index in [0.29, 0.717) is 47.4 Å². The number of anilines is 1. The Bertz CT molecular complexity index is 893. The number of carbonyl (C=O) groups excluding carboxylic acids is 2. The van der Waals surface area contributed by atoms with E-state index in [0.717, 1.165) is 0 Å². The van der Waals surface area contributed by atoms with E-state index in [9.17, 15) is 9.59 Å². The van der Waals surface area contributed by atoms with E-state index in [-0.39, 0.29) is 18.2 Å². The van der Waals surface area contributed by atoms with Gasteiger partial charge in [0.1, 0.15) is 19.0 Å². The molecule has 0 radical (unpaired) electrons. The molecular formula is C20H21N3O5. The third kappa shape index (κ3) is 5.00. The Morgan fingerprint density at radius 1 is 1.07 bits per heavy atom. The van der Waals surface area contributed by atoms with Gasteiger partial charge in [0.2, 0.25) is 5.91 Å². The summed E-state index contributed by atoms with van der Waals surface area (Å²) in [4.78, 5) is 24.3. The van der Waals surface area contributed by atoms with Gasteiger partial charge in [-0.2, -0.15) is 5.10 Å². The molecule has 1 heterocycles. The number of hydrogen-bond donors (Lipinski definition) is 2. The molecule has 2 N–H and O–H groups in total. The first kappa shape index (κ1) is 19.2. The van der Waals surface area contributed by atoms with E-state index in [2.05, 4.69) is 15.8 Å². The average Bonchev–Trinajstić information content (AvgIpc) is 2.72. The Morgan fingerprint density at radius 3 is 2.50 bits per heavy atom. The minimum atomic E-state index is -0.366. The van der Waals surface area contributed by atoms with Gasteiger partial charge in [-0.05, 0) is 43.3 Å². The molecule has 28 heavy (non-hydrogen) atoms. The maximum atomic E-state index is 12.2. The molecule has 3 rings (SSSR count). The number of ether oxygens (including phenoxy) is 3. The molecule has 2 amide bonds. The highest BCUT2D eigenvalue weighted by atomic mass is 16.6. The molecule has 0 spiro atoms. The summed E-state index contributed by atoms with van der Waals surface area (Å²) in [6, 6.07) is 11.8. The molecular weight excluding hydrogens is 362 g/mol. The molecule has 0 saturated heterocycles. The smallest absolute Gasteiger partial charge is 0.271 e. The summed E-state index contributed by atoms with van der Waals surface area (Å²) in [5, 5.41) is 6.75. The van der Waals surface area contributed by atoms with Crippen LogP contribution in [-0.4, -0.2) is 37.8 Å². The van der Waals surface area contributed by atoms with E-state index in [1.807, 2.05) is 0 Å². The second-order valence-corrected chi connectivity index (χ2v) is 6.10. The zero-order chi connectivity index (χ0) is 19.9. The van der Waals surface area contributed by atoms with E-state index in [1.54, 1.807) is 56.5 Å². The summed E-state index contributed by atoms with van der Waals surface area (Å²) in [6.45, 7) is 2.65. The first-order valence-electron chi connectivity index (χ1n) is 8.72. The van der Waals surface area contributed by atoms with Crippen LogP contribution < -0.4 is 25.0 Å². The Morgan fingerprint density at radius 2 is 1.79 bits per heavy atom. The van der Waals surface area contributed by atoms with E-state index < -0.39 is 0 Å². The van der Waals surface area contributed by atoms with Crippen LogP contribution in [0.3, 0.4) is 0 Å². The fourth-order valence-corrected chi connectivity index (χ4v) is 2.55. The average molecular weight is 383 g/mol. The zero-order valence-corrected chi connectivity index (χ0v) is 15.7. The molecule has 0 bridgehead atoms. The lowest BCUT2D eigenvalue weighted by Gasteiger charge is -2.19. The summed E-state index contributed by atoms with van der Waals surface area (Å²) in [6.07, 6.45) is 0.0390. The van der Waals surface area contributed by atoms with Crippen LogP contribution in [-0.2, 0) is 4.79 Å². The Hall–Kier alpha value is -3.55. The van der Waals surface area contributed by atoms with Crippen molar-refractivity contribution in [3.63, 3.8) is 0 Å². The molecule has 8 nitrogen and oxygen atoms in total. The molecule has 1 aliphatic rings. The van der Waals surface area contributed by atoms with Crippen LogP contribution in [0.1, 0.15) is 23.7 Å². The zero-order valence-electron chi connectivity index (χ0n) is 15.7. The Balaban J connectivity index is 1.52. The van der Waals surface area contributed by atoms with E-state index in [1.165, 1.54) is 0 Å². The predicted octanol–water partition coefficient (Wildman–Crippen LogP) is 2.60. The summed E-state index contributed by atoms with van der Waals surface area (Å²) >= 11 is 0. The Kier molecular flexibility index (Phi) is 6.11. The summed E-state index contributed by atoms with van der Waals surface area (Å²) in [7, 11) is 1.55. The molecule has 8 heteroatoms. The van der Waals surface area contributed by atoms with Crippen LogP contribution in [0.15, 0.2) is 47.6 Å². The molecule has 2 aromatic carbocycles. The number of carbonyl (C=O) groups is 2. The van der Waals surface area contributed by atoms with Crippen molar-refractivity contribution in [1.29, 1.82) is 0 Å². The quantitative estimate of drug-likeness (QED) is 0.590. The van der Waals surface area contributed by atoms with Gasteiger partial charge in [0.05, 0.1) is 13.5 Å². The topological polar surface area (TPSA) is 98.2 Å². The number of benzene rings is 2. The molecule has 146 valence electrons. The number of amides is 2. The maximum absolute atomic E-state index is 12.2. The number of hydrazone groups is 1. The highest BCUT2D eigenvalue weighted by molar-refractivity contribution is 6.06. The standard InChI is InChI=1S/C20H21N3O5/c1-13(22-23-20(25)14-3-6-16(26-2)7-4-14)11-19(24)21-15-5-8-17-18(12-15)28-10-9-27-17/h3-8,12H,9-11H2,1-2H3,(H,21,24)(H,23,25). The van der Waals surface area contributed by atoms with Crippen molar-refractivity contribution in [1.82, 2.24) is 5.43 Å². The second kappa shape index (κ2) is 8.90. The summed E-state index contributed by atoms with van der Waals surface area (Å²) in [5.41, 5.74) is 3.95. The minimum absolute atomic E-state index is 0.0390. The van der Waals surface area contributed by atoms with Crippen molar-refractivity contribution < 1.29 is 23.8 Å². The highest BCUT2D eigenvalue weighted by Crippen LogP contribution is 2.32. The van der Waals surface area contributed by atoms with Gasteiger partial charge in [-0.3, -0.25) is 9.59 Å². The maximum Gasteiger partial charge on any atom is 0.271 e. The largest absolute Gasteiger partial charge is 0.497 e. The van der Waals surface area contributed by atoms with E-state index >= 15 is 0 Å². The minimum Gasteiger partial charge on any atom is -0.497 e. The molecule has 2 aromatic rings. The van der Waals surface area contributed by atoms with Gasteiger partial charge in [0, 0.05) is 23.0 Å². The number of hydrogen-bond acceptors (Lipinski definition) is 6. The normalized spacial score (nSPS) is 12.9. The number of nitrogens with one attached hydrogen (secondary N) is 2. The van der Waals surface area contributed by atoms with Crippen LogP contribution in [0.25, 0.3) is 0 Å². The van der Waals surface area contributed by atoms with Crippen LogP contribution in [0, 0.1) is 0 Å². The van der Waals surface area contributed by atoms with Gasteiger partial charge in [-0.15, -0.1) is 0 Å². The number of methoxy groups -OCH3 is 1. The summed E-state index contributed by atoms with van der Waals surface area (Å²) < 4.78 is 16.0. The molecule has 0 saturated carbocycles. The first-order valence-corrected chi connectivity index (χ1v) is 8.72. The van der Waals surface area contributed by atoms with Gasteiger partial charge >= 0.3 is 0 Å². The molecule has 0 aromatic heterocycles. The third-order valence-corrected chi connectivity index (χ3v) is 3.94. The second-order valence-electron chi connectivity index (χ2n) is 6.10. The number of nitrogens with zero attached hydrogens (tertiary/aromatic N) is 1. The van der Waals surface area contributed by atoms with Crippen LogP contribution >= 0.6 is 0 Å². The van der Waals surface area contributed by atoms with Gasteiger partial charge in [-0.25, -0.2) is 5.43 Å². The monoisotopic (exact) mass is 383 g/mol. The lowest BCUT2D eigenvalue weighted by atomic mass is 10.2. The molecule has 0 fully saturated rings. The van der Waals surface area contributed by atoms with Crippen molar-refractivity contribution >= 4 is 23.2 Å². The van der Waals surface area contributed by atoms with Crippen molar-refractivity contribution in [2.45, 2.75) is 13.3 Å². The number of rotatable bonds is 6. The van der Waals surface area contributed by atoms with Gasteiger partial charge in [-0.1, -0.05) is 0 Å².